The minimum absolute atomic E-state index is 0.0513. The Kier molecular flexibility index (Phi) is 9.40. The van der Waals surface area contributed by atoms with Gasteiger partial charge in [0.05, 0.1) is 24.3 Å². The summed E-state index contributed by atoms with van der Waals surface area (Å²) in [6.45, 7) is 6.51. The predicted molar refractivity (Wildman–Crippen MR) is 134 cm³/mol. The fraction of sp³-hybridized carbons (Fsp3) is 0.520. The third-order valence-electron chi connectivity index (χ3n) is 5.62. The highest BCUT2D eigenvalue weighted by Crippen LogP contribution is 2.32. The van der Waals surface area contributed by atoms with Crippen molar-refractivity contribution in [2.75, 3.05) is 38.2 Å². The summed E-state index contributed by atoms with van der Waals surface area (Å²) in [5.41, 5.74) is 0.191. The van der Waals surface area contributed by atoms with Crippen LogP contribution in [0.25, 0.3) is 0 Å². The Hall–Kier alpha value is -4.00. The number of benzene rings is 1. The van der Waals surface area contributed by atoms with Crippen molar-refractivity contribution in [2.45, 2.75) is 51.7 Å². The second kappa shape index (κ2) is 12.5. The van der Waals surface area contributed by atoms with Crippen LogP contribution in [0.3, 0.4) is 0 Å². The molecule has 3 rings (SSSR count). The predicted octanol–water partition coefficient (Wildman–Crippen LogP) is 0.547. The maximum atomic E-state index is 13.1. The van der Waals surface area contributed by atoms with E-state index in [1.54, 1.807) is 32.9 Å². The number of amides is 6. The van der Waals surface area contributed by atoms with E-state index in [1.807, 2.05) is 0 Å². The first-order valence-electron chi connectivity index (χ1n) is 12.4. The van der Waals surface area contributed by atoms with Crippen LogP contribution in [-0.2, 0) is 23.9 Å². The summed E-state index contributed by atoms with van der Waals surface area (Å²) >= 11 is 0. The average molecular weight is 532 g/mol. The van der Waals surface area contributed by atoms with E-state index in [-0.39, 0.29) is 62.6 Å². The molecule has 0 aliphatic carbocycles. The Morgan fingerprint density at radius 3 is 2.47 bits per heavy atom. The number of ether oxygens (including phenoxy) is 2. The Balaban J connectivity index is 1.37. The van der Waals surface area contributed by atoms with E-state index in [4.69, 9.17) is 9.47 Å². The van der Waals surface area contributed by atoms with Gasteiger partial charge in [0.15, 0.2) is 0 Å². The highest BCUT2D eigenvalue weighted by atomic mass is 16.6. The largest absolute Gasteiger partial charge is 0.444 e. The molecular formula is C25H33N5O8. The van der Waals surface area contributed by atoms with Crippen LogP contribution in [0.15, 0.2) is 18.2 Å². The fourth-order valence-electron chi connectivity index (χ4n) is 3.97. The van der Waals surface area contributed by atoms with Gasteiger partial charge in [-0.15, -0.1) is 0 Å². The van der Waals surface area contributed by atoms with Crippen molar-refractivity contribution in [3.8, 4) is 0 Å². The maximum absolute atomic E-state index is 13.1. The molecule has 2 aliphatic rings. The molecule has 2 heterocycles. The van der Waals surface area contributed by atoms with Gasteiger partial charge in [-0.05, 0) is 39.3 Å². The molecule has 13 nitrogen and oxygen atoms in total. The number of imide groups is 2. The minimum Gasteiger partial charge on any atom is -0.444 e. The van der Waals surface area contributed by atoms with Gasteiger partial charge in [0.2, 0.25) is 17.7 Å². The normalized spacial score (nSPS) is 17.1. The van der Waals surface area contributed by atoms with Crippen molar-refractivity contribution < 1.29 is 38.2 Å². The number of fused-ring (bicyclic) bond motifs is 1. The lowest BCUT2D eigenvalue weighted by atomic mass is 10.0. The third kappa shape index (κ3) is 7.51. The van der Waals surface area contributed by atoms with Crippen LogP contribution in [0.2, 0.25) is 0 Å². The van der Waals surface area contributed by atoms with Gasteiger partial charge in [-0.1, -0.05) is 6.07 Å². The molecule has 1 atom stereocenters. The van der Waals surface area contributed by atoms with Gasteiger partial charge in [0.25, 0.3) is 11.8 Å². The lowest BCUT2D eigenvalue weighted by molar-refractivity contribution is -0.136. The second-order valence-corrected chi connectivity index (χ2v) is 9.74. The number of nitrogens with one attached hydrogen (secondary N) is 4. The molecule has 38 heavy (non-hydrogen) atoms. The van der Waals surface area contributed by atoms with Crippen LogP contribution in [0, 0.1) is 0 Å². The Morgan fingerprint density at radius 1 is 1.03 bits per heavy atom. The van der Waals surface area contributed by atoms with Crippen LogP contribution < -0.4 is 21.3 Å². The standard InChI is InChI=1S/C25H33N5O8/c1-25(2,3)38-24(36)28-10-9-18(31)27-12-14-37-13-11-26-16-6-4-5-15-20(16)23(35)30(22(15)34)17-7-8-19(32)29-21(17)33/h4-6,17,26H,7-14H2,1-3H3,(H,27,31)(H,28,36)(H,29,32,33). The van der Waals surface area contributed by atoms with Crippen LogP contribution in [0.5, 0.6) is 0 Å². The summed E-state index contributed by atoms with van der Waals surface area (Å²) in [6, 6.07) is 3.78. The van der Waals surface area contributed by atoms with E-state index >= 15 is 0 Å². The second-order valence-electron chi connectivity index (χ2n) is 9.74. The lowest BCUT2D eigenvalue weighted by Gasteiger charge is -2.27. The van der Waals surface area contributed by atoms with Crippen molar-refractivity contribution in [1.29, 1.82) is 0 Å². The third-order valence-corrected chi connectivity index (χ3v) is 5.62. The zero-order chi connectivity index (χ0) is 27.9. The number of alkyl carbamates (subject to hydrolysis) is 1. The maximum Gasteiger partial charge on any atom is 0.407 e. The molecular weight excluding hydrogens is 498 g/mol. The number of nitrogens with zero attached hydrogens (tertiary/aromatic N) is 1. The number of hydrogen-bond donors (Lipinski definition) is 4. The molecule has 2 aliphatic heterocycles. The molecule has 206 valence electrons. The molecule has 1 aromatic carbocycles. The number of carbonyl (C=O) groups is 6. The minimum atomic E-state index is -1.03. The van der Waals surface area contributed by atoms with E-state index in [2.05, 4.69) is 21.3 Å². The first-order chi connectivity index (χ1) is 18.0. The van der Waals surface area contributed by atoms with Gasteiger partial charge in [-0.2, -0.15) is 0 Å². The Bertz CT molecular complexity index is 1110. The molecule has 1 fully saturated rings. The van der Waals surface area contributed by atoms with Gasteiger partial charge in [-0.25, -0.2) is 4.79 Å². The SMILES string of the molecule is CC(C)(C)OC(=O)NCCC(=O)NCCOCCNc1cccc2c1C(=O)N(C1CCC(=O)NC1=O)C2=O. The van der Waals surface area contributed by atoms with Crippen molar-refractivity contribution in [1.82, 2.24) is 20.9 Å². The number of piperidine rings is 1. The smallest absolute Gasteiger partial charge is 0.407 e. The molecule has 1 saturated heterocycles. The van der Waals surface area contributed by atoms with E-state index in [9.17, 15) is 28.8 Å². The zero-order valence-corrected chi connectivity index (χ0v) is 21.7. The summed E-state index contributed by atoms with van der Waals surface area (Å²) < 4.78 is 10.6. The van der Waals surface area contributed by atoms with Crippen molar-refractivity contribution >= 4 is 41.3 Å². The topological polar surface area (TPSA) is 172 Å². The number of anilines is 1. The van der Waals surface area contributed by atoms with Crippen molar-refractivity contribution in [2.24, 2.45) is 0 Å². The Labute approximate surface area is 220 Å². The van der Waals surface area contributed by atoms with E-state index in [1.165, 1.54) is 6.07 Å². The van der Waals surface area contributed by atoms with Gasteiger partial charge in [-0.3, -0.25) is 34.2 Å². The van der Waals surface area contributed by atoms with Gasteiger partial charge in [0.1, 0.15) is 11.6 Å². The van der Waals surface area contributed by atoms with Crippen LogP contribution in [0.1, 0.15) is 60.7 Å². The van der Waals surface area contributed by atoms with E-state index in [0.29, 0.717) is 12.2 Å². The van der Waals surface area contributed by atoms with E-state index < -0.39 is 41.4 Å². The summed E-state index contributed by atoms with van der Waals surface area (Å²) in [4.78, 5) is 73.9. The van der Waals surface area contributed by atoms with Crippen molar-refractivity contribution in [3.63, 3.8) is 0 Å². The lowest BCUT2D eigenvalue weighted by Crippen LogP contribution is -2.54. The zero-order valence-electron chi connectivity index (χ0n) is 21.7. The summed E-state index contributed by atoms with van der Waals surface area (Å²) in [7, 11) is 0. The van der Waals surface area contributed by atoms with Gasteiger partial charge in [0, 0.05) is 38.2 Å². The molecule has 4 N–H and O–H groups in total. The number of hydrogen-bond acceptors (Lipinski definition) is 9. The highest BCUT2D eigenvalue weighted by Gasteiger charge is 2.45. The molecule has 0 aromatic heterocycles. The van der Waals surface area contributed by atoms with Crippen LogP contribution in [-0.4, -0.2) is 85.0 Å². The van der Waals surface area contributed by atoms with Gasteiger partial charge < -0.3 is 25.4 Å². The first kappa shape index (κ1) is 28.6. The Morgan fingerprint density at radius 2 is 1.76 bits per heavy atom. The van der Waals surface area contributed by atoms with Crippen molar-refractivity contribution in [3.05, 3.63) is 29.3 Å². The monoisotopic (exact) mass is 531 g/mol. The molecule has 13 heteroatoms. The number of carbonyl (C=O) groups excluding carboxylic acids is 6. The molecule has 0 bridgehead atoms. The summed E-state index contributed by atoms with van der Waals surface area (Å²) in [5, 5.41) is 10.4. The molecule has 0 spiro atoms. The quantitative estimate of drug-likeness (QED) is 0.235. The number of rotatable bonds is 11. The molecule has 0 radical (unpaired) electrons. The fourth-order valence-corrected chi connectivity index (χ4v) is 3.97. The van der Waals surface area contributed by atoms with Gasteiger partial charge >= 0.3 is 6.09 Å². The highest BCUT2D eigenvalue weighted by molar-refractivity contribution is 6.25. The molecule has 1 unspecified atom stereocenters. The molecule has 0 saturated carbocycles. The summed E-state index contributed by atoms with van der Waals surface area (Å²) in [5.74, 6) is -2.50. The first-order valence-corrected chi connectivity index (χ1v) is 12.4. The molecule has 1 aromatic rings. The van der Waals surface area contributed by atoms with E-state index in [0.717, 1.165) is 4.90 Å². The summed E-state index contributed by atoms with van der Waals surface area (Å²) in [6.07, 6.45) is -0.346. The average Bonchev–Trinajstić information content (AvgIpc) is 3.08. The van der Waals surface area contributed by atoms with Crippen LogP contribution >= 0.6 is 0 Å². The molecule has 6 amide bonds. The van der Waals surface area contributed by atoms with Crippen LogP contribution in [0.4, 0.5) is 10.5 Å².